The molecule has 6 heterocycles. The van der Waals surface area contributed by atoms with Gasteiger partial charge in [-0.15, -0.1) is 12.6 Å². The van der Waals surface area contributed by atoms with E-state index < -0.39 is 11.9 Å². The predicted molar refractivity (Wildman–Crippen MR) is 183 cm³/mol. The maximum atomic E-state index is 11.6. The van der Waals surface area contributed by atoms with Crippen LogP contribution >= 0.6 is 24.4 Å². The van der Waals surface area contributed by atoms with Gasteiger partial charge in [-0.3, -0.25) is 9.59 Å². The molecule has 1 atom stereocenters. The van der Waals surface area contributed by atoms with E-state index in [2.05, 4.69) is 42.2 Å². The van der Waals surface area contributed by atoms with Gasteiger partial charge in [0.05, 0.1) is 22.8 Å². The maximum absolute atomic E-state index is 11.6. The first-order valence-corrected chi connectivity index (χ1v) is 16.0. The zero-order chi connectivity index (χ0) is 31.4. The third-order valence-electron chi connectivity index (χ3n) is 8.71. The summed E-state index contributed by atoms with van der Waals surface area (Å²) in [5.74, 6) is -0.711. The Morgan fingerprint density at radius 2 is 1.43 bits per heavy atom. The molecule has 1 saturated heterocycles. The van der Waals surface area contributed by atoms with Crippen molar-refractivity contribution in [3.63, 3.8) is 0 Å². The van der Waals surface area contributed by atoms with E-state index in [0.29, 0.717) is 28.7 Å². The van der Waals surface area contributed by atoms with Crippen LogP contribution in [0.15, 0.2) is 30.8 Å². The summed E-state index contributed by atoms with van der Waals surface area (Å²) in [4.78, 5) is 41.1. The van der Waals surface area contributed by atoms with Crippen molar-refractivity contribution in [3.8, 4) is 0 Å². The highest BCUT2D eigenvalue weighted by atomic mass is 32.2. The smallest absolute Gasteiger partial charge is 0.303 e. The van der Waals surface area contributed by atoms with Crippen LogP contribution in [-0.2, 0) is 16.0 Å². The van der Waals surface area contributed by atoms with Crippen LogP contribution in [0.3, 0.4) is 0 Å². The van der Waals surface area contributed by atoms with Crippen molar-refractivity contribution < 1.29 is 19.8 Å². The fourth-order valence-corrected chi connectivity index (χ4v) is 7.24. The first-order chi connectivity index (χ1) is 20.9. The number of carboxylic acid groups (broad SMARTS) is 2. The lowest BCUT2D eigenvalue weighted by molar-refractivity contribution is -0.137. The molecular weight excluding hydrogens is 593 g/mol. The van der Waals surface area contributed by atoms with Gasteiger partial charge in [0.2, 0.25) is 0 Å². The Labute approximate surface area is 264 Å². The fourth-order valence-electron chi connectivity index (χ4n) is 6.22. The van der Waals surface area contributed by atoms with Gasteiger partial charge in [-0.25, -0.2) is 9.97 Å². The Morgan fingerprint density at radius 1 is 0.841 bits per heavy atom. The van der Waals surface area contributed by atoms with E-state index in [1.165, 1.54) is 5.57 Å². The van der Waals surface area contributed by atoms with Gasteiger partial charge in [0, 0.05) is 56.4 Å². The Balaban J connectivity index is 1.74. The molecule has 0 radical (unpaired) electrons. The summed E-state index contributed by atoms with van der Waals surface area (Å²) >= 11 is 6.53. The molecule has 44 heavy (non-hydrogen) atoms. The number of carboxylic acids is 2. The van der Waals surface area contributed by atoms with Crippen molar-refractivity contribution in [2.24, 2.45) is 0 Å². The number of rotatable bonds is 8. The summed E-state index contributed by atoms with van der Waals surface area (Å²) in [6, 6.07) is 8.05. The highest BCUT2D eigenvalue weighted by Gasteiger charge is 2.34. The number of thiol groups is 1. The van der Waals surface area contributed by atoms with Gasteiger partial charge in [-0.1, -0.05) is 6.58 Å². The predicted octanol–water partition coefficient (Wildman–Crippen LogP) is 7.69. The van der Waals surface area contributed by atoms with Crippen molar-refractivity contribution >= 4 is 85.6 Å². The van der Waals surface area contributed by atoms with Crippen molar-refractivity contribution in [2.75, 3.05) is 5.75 Å². The molecule has 0 amide bonds. The third-order valence-corrected chi connectivity index (χ3v) is 9.83. The molecule has 1 fully saturated rings. The first-order valence-electron chi connectivity index (χ1n) is 14.5. The van der Waals surface area contributed by atoms with Crippen LogP contribution in [-0.4, -0.2) is 53.1 Å². The van der Waals surface area contributed by atoms with E-state index in [9.17, 15) is 19.8 Å². The number of aliphatic carboxylic acids is 2. The molecule has 10 heteroatoms. The van der Waals surface area contributed by atoms with Gasteiger partial charge in [-0.05, 0) is 104 Å². The number of hydrogen-bond donors (Lipinski definition) is 5. The van der Waals surface area contributed by atoms with Gasteiger partial charge < -0.3 is 20.2 Å². The number of fused-ring (bicyclic) bond motifs is 8. The fraction of sp³-hybridized carbons (Fsp3) is 0.294. The van der Waals surface area contributed by atoms with Crippen LogP contribution in [0.5, 0.6) is 0 Å². The number of nitrogens with zero attached hydrogens (tertiary/aromatic N) is 2. The molecule has 0 unspecified atom stereocenters. The summed E-state index contributed by atoms with van der Waals surface area (Å²) < 4.78 is 0. The van der Waals surface area contributed by atoms with Gasteiger partial charge in [0.25, 0.3) is 0 Å². The average molecular weight is 627 g/mol. The van der Waals surface area contributed by atoms with Gasteiger partial charge in [0.1, 0.15) is 0 Å². The van der Waals surface area contributed by atoms with Gasteiger partial charge >= 0.3 is 11.9 Å². The number of thioether (sulfide) groups is 1. The second-order valence-electron chi connectivity index (χ2n) is 11.5. The summed E-state index contributed by atoms with van der Waals surface area (Å²) in [5.41, 5.74) is 14.4. The standard InChI is InChI=1S/C34H34N4O4S2/c1-15-20(6-8-31(39)40)26-13-27-21(7-9-32(41)42)16(2)23(36-27)11-29-34(30-14-44-30)18(4)25(38-29)12-28-33(19(5)43)17(3)24(37-28)10-22(15)35-26/h10-13,30,35,37,43H,5-9,14H2,1-4H3,(H,39,40)(H,41,42)/t30-/m1/s1. The SMILES string of the molecule is C=C(S)c1c(C)c2cc3[nH]c(cc4nc(cc5nc(cc1[nH]2)C(C)=C5[C@H]1CS1)C(C)=C4CCC(=O)O)c(CCC(=O)O)c3C. The van der Waals surface area contributed by atoms with Crippen LogP contribution in [0.2, 0.25) is 0 Å². The summed E-state index contributed by atoms with van der Waals surface area (Å²) in [6.45, 7) is 12.2. The maximum Gasteiger partial charge on any atom is 0.303 e. The Bertz CT molecular complexity index is 2010. The number of H-pyrrole nitrogens is 2. The van der Waals surface area contributed by atoms with Crippen molar-refractivity contribution in [2.45, 2.75) is 58.6 Å². The van der Waals surface area contributed by atoms with Crippen molar-refractivity contribution in [3.05, 3.63) is 75.9 Å². The van der Waals surface area contributed by atoms with Gasteiger partial charge in [0.15, 0.2) is 0 Å². The minimum Gasteiger partial charge on any atom is -0.481 e. The van der Waals surface area contributed by atoms with Crippen LogP contribution in [0, 0.1) is 13.8 Å². The van der Waals surface area contributed by atoms with E-state index in [1.54, 1.807) is 0 Å². The minimum absolute atomic E-state index is 0.0202. The molecule has 6 rings (SSSR count). The Morgan fingerprint density at radius 3 is 2.09 bits per heavy atom. The quantitative estimate of drug-likeness (QED) is 0.128. The van der Waals surface area contributed by atoms with Crippen molar-refractivity contribution in [1.82, 2.24) is 19.9 Å². The lowest BCUT2D eigenvalue weighted by atomic mass is 9.99. The number of nitrogens with one attached hydrogen (secondary N) is 2. The minimum atomic E-state index is -0.875. The molecule has 3 aromatic heterocycles. The lowest BCUT2D eigenvalue weighted by Crippen LogP contribution is -1.98. The second kappa shape index (κ2) is 11.5. The third kappa shape index (κ3) is 5.52. The molecule has 8 nitrogen and oxygen atoms in total. The molecule has 0 aliphatic carbocycles. The number of aromatic amines is 2. The van der Waals surface area contributed by atoms with E-state index in [1.807, 2.05) is 50.7 Å². The van der Waals surface area contributed by atoms with E-state index in [0.717, 1.165) is 83.9 Å². The van der Waals surface area contributed by atoms with Crippen LogP contribution in [0.1, 0.15) is 78.1 Å². The van der Waals surface area contributed by atoms with Crippen LogP contribution < -0.4 is 0 Å². The average Bonchev–Trinajstić information content (AvgIpc) is 3.49. The highest BCUT2D eigenvalue weighted by Crippen LogP contribution is 2.47. The number of carbonyl (C=O) groups is 2. The normalized spacial score (nSPS) is 16.1. The van der Waals surface area contributed by atoms with Crippen LogP contribution in [0.25, 0.3) is 49.3 Å². The number of hydrogen-bond acceptors (Lipinski definition) is 6. The van der Waals surface area contributed by atoms with E-state index in [4.69, 9.17) is 9.97 Å². The lowest BCUT2D eigenvalue weighted by Gasteiger charge is -2.03. The molecule has 226 valence electrons. The number of allylic oxidation sites excluding steroid dienone is 3. The molecule has 3 aromatic rings. The second-order valence-corrected chi connectivity index (χ2v) is 13.3. The molecule has 0 saturated carbocycles. The largest absolute Gasteiger partial charge is 0.481 e. The zero-order valence-corrected chi connectivity index (χ0v) is 26.8. The first kappa shape index (κ1) is 30.0. The van der Waals surface area contributed by atoms with E-state index >= 15 is 0 Å². The molecule has 3 aliphatic rings. The Hall–Kier alpha value is -4.02. The molecule has 4 N–H and O–H groups in total. The number of aromatic nitrogens is 4. The zero-order valence-electron chi connectivity index (χ0n) is 25.1. The highest BCUT2D eigenvalue weighted by molar-refractivity contribution is 8.07. The molecular formula is C34H34N4O4S2. The molecule has 0 spiro atoms. The van der Waals surface area contributed by atoms with E-state index in [-0.39, 0.29) is 12.8 Å². The van der Waals surface area contributed by atoms with Crippen molar-refractivity contribution in [1.29, 1.82) is 0 Å². The topological polar surface area (TPSA) is 132 Å². The molecule has 8 bridgehead atoms. The molecule has 0 aromatic carbocycles. The Kier molecular flexibility index (Phi) is 7.83. The van der Waals surface area contributed by atoms with Crippen LogP contribution in [0.4, 0.5) is 0 Å². The summed E-state index contributed by atoms with van der Waals surface area (Å²) in [5, 5.41) is 19.4. The van der Waals surface area contributed by atoms with Gasteiger partial charge in [-0.2, -0.15) is 11.8 Å². The number of aryl methyl sites for hydroxylation is 3. The summed E-state index contributed by atoms with van der Waals surface area (Å²) in [6.07, 6.45) is 0.623. The summed E-state index contributed by atoms with van der Waals surface area (Å²) in [7, 11) is 0. The molecule has 3 aliphatic heterocycles. The monoisotopic (exact) mass is 626 g/mol.